The van der Waals surface area contributed by atoms with Gasteiger partial charge in [0.15, 0.2) is 5.82 Å². The lowest BCUT2D eigenvalue weighted by atomic mass is 10.1. The molecule has 0 bridgehead atoms. The van der Waals surface area contributed by atoms with Crippen LogP contribution in [-0.2, 0) is 9.53 Å². The Morgan fingerprint density at radius 1 is 1.14 bits per heavy atom. The molecule has 0 aliphatic carbocycles. The number of hydrogen-bond donors (Lipinski definition) is 1. The number of carboxylic acids is 1. The van der Waals surface area contributed by atoms with Gasteiger partial charge in [-0.15, -0.1) is 0 Å². The summed E-state index contributed by atoms with van der Waals surface area (Å²) in [5.41, 5.74) is 3.19. The molecule has 0 saturated carbocycles. The zero-order valence-corrected chi connectivity index (χ0v) is 16.1. The van der Waals surface area contributed by atoms with E-state index in [4.69, 9.17) is 14.6 Å². The van der Waals surface area contributed by atoms with Crippen molar-refractivity contribution >= 4 is 5.97 Å². The van der Waals surface area contributed by atoms with Crippen molar-refractivity contribution in [3.05, 3.63) is 54.6 Å². The average Bonchev–Trinajstić information content (AvgIpc) is 3.18. The van der Waals surface area contributed by atoms with Gasteiger partial charge in [0.05, 0.1) is 5.56 Å². The fraction of sp³-hybridized carbons (Fsp3) is 0.333. The van der Waals surface area contributed by atoms with Crippen molar-refractivity contribution in [2.24, 2.45) is 0 Å². The Labute approximate surface area is 164 Å². The first-order valence-corrected chi connectivity index (χ1v) is 9.24. The van der Waals surface area contributed by atoms with Crippen molar-refractivity contribution in [1.82, 2.24) is 19.5 Å². The molecule has 0 atom stereocenters. The Balaban J connectivity index is 0.000000516. The maximum absolute atomic E-state index is 9.00. The summed E-state index contributed by atoms with van der Waals surface area (Å²) in [6.45, 7) is 4.78. The molecule has 0 unspecified atom stereocenters. The van der Waals surface area contributed by atoms with Crippen LogP contribution in [0.1, 0.15) is 31.4 Å². The standard InChI is InChI=1S/C19H20N4O.C2H4O2/c1-14-3-2-4-15(11-14)18-21-12-16(13-22-18)19-20-7-8-23(19)17-5-9-24-10-6-17;1-2(3)4/h2-4,7-8,11-13,17H,5-6,9-10H2,1H3;1H3,(H,3,4). The third kappa shape index (κ3) is 5.01. The fourth-order valence-electron chi connectivity index (χ4n) is 3.17. The van der Waals surface area contributed by atoms with E-state index in [9.17, 15) is 0 Å². The van der Waals surface area contributed by atoms with Crippen LogP contribution in [0.2, 0.25) is 0 Å². The lowest BCUT2D eigenvalue weighted by Crippen LogP contribution is -2.19. The van der Waals surface area contributed by atoms with Crippen molar-refractivity contribution in [1.29, 1.82) is 0 Å². The highest BCUT2D eigenvalue weighted by molar-refractivity contribution is 5.63. The number of aryl methyl sites for hydroxylation is 1. The molecule has 0 spiro atoms. The molecule has 7 heteroatoms. The molecule has 1 saturated heterocycles. The van der Waals surface area contributed by atoms with Gasteiger partial charge < -0.3 is 14.4 Å². The second-order valence-electron chi connectivity index (χ2n) is 6.69. The number of nitrogens with zero attached hydrogens (tertiary/aromatic N) is 4. The van der Waals surface area contributed by atoms with Crippen LogP contribution in [0.4, 0.5) is 0 Å². The van der Waals surface area contributed by atoms with Crippen LogP contribution in [0.5, 0.6) is 0 Å². The second kappa shape index (κ2) is 9.23. The van der Waals surface area contributed by atoms with Gasteiger partial charge in [-0.3, -0.25) is 4.79 Å². The average molecular weight is 380 g/mol. The Morgan fingerprint density at radius 3 is 2.46 bits per heavy atom. The van der Waals surface area contributed by atoms with E-state index in [0.29, 0.717) is 6.04 Å². The summed E-state index contributed by atoms with van der Waals surface area (Å²) in [6, 6.07) is 8.67. The minimum Gasteiger partial charge on any atom is -0.481 e. The van der Waals surface area contributed by atoms with Crippen LogP contribution in [0.25, 0.3) is 22.8 Å². The van der Waals surface area contributed by atoms with E-state index in [1.807, 2.05) is 36.9 Å². The SMILES string of the molecule is CC(=O)O.Cc1cccc(-c2ncc(-c3nccn3C3CCOCC3)cn2)c1. The Morgan fingerprint density at radius 2 is 1.82 bits per heavy atom. The van der Waals surface area contributed by atoms with Gasteiger partial charge in [0.1, 0.15) is 5.82 Å². The summed E-state index contributed by atoms with van der Waals surface area (Å²) in [6.07, 6.45) is 9.65. The number of carbonyl (C=O) groups is 1. The molecule has 0 radical (unpaired) electrons. The van der Waals surface area contributed by atoms with Crippen molar-refractivity contribution in [3.8, 4) is 22.8 Å². The van der Waals surface area contributed by atoms with E-state index in [1.54, 1.807) is 0 Å². The van der Waals surface area contributed by atoms with Gasteiger partial charge in [0.2, 0.25) is 0 Å². The van der Waals surface area contributed by atoms with Gasteiger partial charge in [0, 0.05) is 56.5 Å². The normalized spacial score (nSPS) is 14.2. The number of aromatic nitrogens is 4. The maximum atomic E-state index is 9.00. The maximum Gasteiger partial charge on any atom is 0.300 e. The first-order chi connectivity index (χ1) is 13.5. The van der Waals surface area contributed by atoms with E-state index >= 15 is 0 Å². The Hall–Kier alpha value is -3.06. The molecule has 0 amide bonds. The third-order valence-corrected chi connectivity index (χ3v) is 4.44. The molecular formula is C21H24N4O3. The number of imidazole rings is 1. The Kier molecular flexibility index (Phi) is 6.49. The molecule has 1 N–H and O–H groups in total. The summed E-state index contributed by atoms with van der Waals surface area (Å²) in [4.78, 5) is 22.6. The van der Waals surface area contributed by atoms with E-state index in [-0.39, 0.29) is 0 Å². The van der Waals surface area contributed by atoms with E-state index in [2.05, 4.69) is 38.6 Å². The molecule has 1 aliphatic heterocycles. The second-order valence-corrected chi connectivity index (χ2v) is 6.69. The van der Waals surface area contributed by atoms with Gasteiger partial charge in [0.25, 0.3) is 5.97 Å². The molecule has 3 heterocycles. The monoisotopic (exact) mass is 380 g/mol. The number of rotatable bonds is 3. The summed E-state index contributed by atoms with van der Waals surface area (Å²) < 4.78 is 7.69. The molecule has 3 aromatic rings. The number of hydrogen-bond acceptors (Lipinski definition) is 5. The number of aliphatic carboxylic acids is 1. The van der Waals surface area contributed by atoms with Crippen LogP contribution in [0.3, 0.4) is 0 Å². The van der Waals surface area contributed by atoms with Gasteiger partial charge in [-0.1, -0.05) is 23.8 Å². The zero-order chi connectivity index (χ0) is 19.9. The van der Waals surface area contributed by atoms with E-state index < -0.39 is 5.97 Å². The molecule has 2 aromatic heterocycles. The van der Waals surface area contributed by atoms with Crippen LogP contribution < -0.4 is 0 Å². The topological polar surface area (TPSA) is 90.1 Å². The quantitative estimate of drug-likeness (QED) is 0.744. The summed E-state index contributed by atoms with van der Waals surface area (Å²) >= 11 is 0. The lowest BCUT2D eigenvalue weighted by Gasteiger charge is -2.24. The highest BCUT2D eigenvalue weighted by atomic mass is 16.5. The number of benzene rings is 1. The Bertz CT molecular complexity index is 911. The molecule has 1 fully saturated rings. The first kappa shape index (κ1) is 19.7. The van der Waals surface area contributed by atoms with E-state index in [1.165, 1.54) is 5.56 Å². The highest BCUT2D eigenvalue weighted by Crippen LogP contribution is 2.27. The fourth-order valence-corrected chi connectivity index (χ4v) is 3.17. The summed E-state index contributed by atoms with van der Waals surface area (Å²) in [5, 5.41) is 7.42. The molecular weight excluding hydrogens is 356 g/mol. The number of carboxylic acid groups (broad SMARTS) is 1. The van der Waals surface area contributed by atoms with Crippen molar-refractivity contribution < 1.29 is 14.6 Å². The minimum absolute atomic E-state index is 0.438. The third-order valence-electron chi connectivity index (χ3n) is 4.44. The van der Waals surface area contributed by atoms with Crippen LogP contribution in [0, 0.1) is 6.92 Å². The predicted molar refractivity (Wildman–Crippen MR) is 106 cm³/mol. The molecule has 28 heavy (non-hydrogen) atoms. The van der Waals surface area contributed by atoms with Gasteiger partial charge >= 0.3 is 0 Å². The highest BCUT2D eigenvalue weighted by Gasteiger charge is 2.19. The zero-order valence-electron chi connectivity index (χ0n) is 16.1. The van der Waals surface area contributed by atoms with Crippen molar-refractivity contribution in [3.63, 3.8) is 0 Å². The molecule has 7 nitrogen and oxygen atoms in total. The first-order valence-electron chi connectivity index (χ1n) is 9.24. The van der Waals surface area contributed by atoms with Crippen LogP contribution in [-0.4, -0.2) is 43.8 Å². The van der Waals surface area contributed by atoms with Gasteiger partial charge in [-0.2, -0.15) is 0 Å². The summed E-state index contributed by atoms with van der Waals surface area (Å²) in [5.74, 6) is 0.837. The van der Waals surface area contributed by atoms with Crippen molar-refractivity contribution in [2.75, 3.05) is 13.2 Å². The molecule has 4 rings (SSSR count). The van der Waals surface area contributed by atoms with Crippen LogP contribution >= 0.6 is 0 Å². The van der Waals surface area contributed by atoms with E-state index in [0.717, 1.165) is 55.8 Å². The minimum atomic E-state index is -0.833. The lowest BCUT2D eigenvalue weighted by molar-refractivity contribution is -0.134. The van der Waals surface area contributed by atoms with Crippen molar-refractivity contribution in [2.45, 2.75) is 32.7 Å². The largest absolute Gasteiger partial charge is 0.481 e. The predicted octanol–water partition coefficient (Wildman–Crippen LogP) is 3.76. The number of ether oxygens (including phenoxy) is 1. The molecule has 146 valence electrons. The summed E-state index contributed by atoms with van der Waals surface area (Å²) in [7, 11) is 0. The van der Waals surface area contributed by atoms with Gasteiger partial charge in [-0.05, 0) is 25.8 Å². The van der Waals surface area contributed by atoms with Crippen LogP contribution in [0.15, 0.2) is 49.1 Å². The molecule has 1 aliphatic rings. The molecule has 1 aromatic carbocycles. The van der Waals surface area contributed by atoms with Gasteiger partial charge in [-0.25, -0.2) is 15.0 Å². The smallest absolute Gasteiger partial charge is 0.300 e.